The van der Waals surface area contributed by atoms with E-state index in [1.807, 2.05) is 31.2 Å². The summed E-state index contributed by atoms with van der Waals surface area (Å²) < 4.78 is 0. The highest BCUT2D eigenvalue weighted by atomic mass is 32.2. The molecule has 0 aliphatic carbocycles. The van der Waals surface area contributed by atoms with E-state index < -0.39 is 0 Å². The molecule has 0 aliphatic rings. The van der Waals surface area contributed by atoms with E-state index in [0.717, 1.165) is 21.8 Å². The van der Waals surface area contributed by atoms with Crippen LogP contribution in [0.25, 0.3) is 10.9 Å². The lowest BCUT2D eigenvalue weighted by atomic mass is 10.0. The number of aromatic nitrogens is 1. The van der Waals surface area contributed by atoms with Gasteiger partial charge in [-0.3, -0.25) is 4.79 Å². The molecule has 0 radical (unpaired) electrons. The van der Waals surface area contributed by atoms with Gasteiger partial charge >= 0.3 is 0 Å². The zero-order valence-electron chi connectivity index (χ0n) is 15.0. The van der Waals surface area contributed by atoms with Crippen LogP contribution >= 0.6 is 11.8 Å². The third kappa shape index (κ3) is 4.20. The second-order valence-electron chi connectivity index (χ2n) is 6.46. The van der Waals surface area contributed by atoms with Crippen LogP contribution in [0.4, 0.5) is 5.69 Å². The molecule has 3 nitrogen and oxygen atoms in total. The predicted molar refractivity (Wildman–Crippen MR) is 106 cm³/mol. The maximum Gasteiger partial charge on any atom is 0.234 e. The first-order valence-corrected chi connectivity index (χ1v) is 9.29. The Labute approximate surface area is 152 Å². The third-order valence-corrected chi connectivity index (χ3v) is 5.00. The standard InChI is InChI=1S/C21H22N2OS/c1-13-6-5-7-17(9-13)22-19(24)12-25-20-11-15(3)18-10-14(2)8-16(4)21(18)23-20/h5-11H,12H2,1-4H3,(H,22,24). The molecule has 3 rings (SSSR count). The molecule has 0 spiro atoms. The van der Waals surface area contributed by atoms with Crippen LogP contribution in [0.15, 0.2) is 47.5 Å². The summed E-state index contributed by atoms with van der Waals surface area (Å²) in [6, 6.07) is 14.2. The fourth-order valence-corrected chi connectivity index (χ4v) is 3.71. The van der Waals surface area contributed by atoms with Crippen molar-refractivity contribution in [2.75, 3.05) is 11.1 Å². The van der Waals surface area contributed by atoms with Gasteiger partial charge in [-0.15, -0.1) is 0 Å². The molecule has 1 heterocycles. The molecule has 0 saturated carbocycles. The largest absolute Gasteiger partial charge is 0.325 e. The molecule has 0 bridgehead atoms. The van der Waals surface area contributed by atoms with E-state index in [9.17, 15) is 4.79 Å². The molecule has 2 aromatic carbocycles. The number of nitrogens with one attached hydrogen (secondary N) is 1. The number of anilines is 1. The van der Waals surface area contributed by atoms with E-state index in [4.69, 9.17) is 4.98 Å². The topological polar surface area (TPSA) is 42.0 Å². The normalized spacial score (nSPS) is 10.9. The summed E-state index contributed by atoms with van der Waals surface area (Å²) in [6.07, 6.45) is 0. The molecule has 0 atom stereocenters. The molecule has 25 heavy (non-hydrogen) atoms. The summed E-state index contributed by atoms with van der Waals surface area (Å²) in [4.78, 5) is 17.0. The highest BCUT2D eigenvalue weighted by Crippen LogP contribution is 2.27. The summed E-state index contributed by atoms with van der Waals surface area (Å²) in [5.74, 6) is 0.326. The van der Waals surface area contributed by atoms with Crippen molar-refractivity contribution in [3.63, 3.8) is 0 Å². The average Bonchev–Trinajstić information content (AvgIpc) is 2.54. The molecular formula is C21H22N2OS. The van der Waals surface area contributed by atoms with Crippen molar-refractivity contribution in [1.29, 1.82) is 0 Å². The van der Waals surface area contributed by atoms with Crippen molar-refractivity contribution < 1.29 is 4.79 Å². The van der Waals surface area contributed by atoms with Crippen molar-refractivity contribution in [2.24, 2.45) is 0 Å². The number of rotatable bonds is 4. The monoisotopic (exact) mass is 350 g/mol. The van der Waals surface area contributed by atoms with E-state index in [-0.39, 0.29) is 5.91 Å². The van der Waals surface area contributed by atoms with Gasteiger partial charge in [-0.2, -0.15) is 0 Å². The zero-order chi connectivity index (χ0) is 18.0. The van der Waals surface area contributed by atoms with Gasteiger partial charge in [0, 0.05) is 11.1 Å². The quantitative estimate of drug-likeness (QED) is 0.658. The summed E-state index contributed by atoms with van der Waals surface area (Å²) in [5.41, 5.74) is 6.59. The Hall–Kier alpha value is -2.33. The molecule has 1 amide bonds. The van der Waals surface area contributed by atoms with E-state index in [2.05, 4.69) is 44.3 Å². The van der Waals surface area contributed by atoms with Crippen LogP contribution in [-0.4, -0.2) is 16.6 Å². The van der Waals surface area contributed by atoms with Crippen LogP contribution in [0.3, 0.4) is 0 Å². The smallest absolute Gasteiger partial charge is 0.234 e. The number of pyridine rings is 1. The second kappa shape index (κ2) is 7.28. The van der Waals surface area contributed by atoms with Gasteiger partial charge in [-0.25, -0.2) is 4.98 Å². The molecule has 1 aromatic heterocycles. The lowest BCUT2D eigenvalue weighted by molar-refractivity contribution is -0.113. The fourth-order valence-electron chi connectivity index (χ4n) is 2.95. The van der Waals surface area contributed by atoms with Crippen LogP contribution in [0.1, 0.15) is 22.3 Å². The van der Waals surface area contributed by atoms with Crippen molar-refractivity contribution >= 4 is 34.3 Å². The fraction of sp³-hybridized carbons (Fsp3) is 0.238. The SMILES string of the molecule is Cc1cccc(NC(=O)CSc2cc(C)c3cc(C)cc(C)c3n2)c1. The number of carbonyl (C=O) groups is 1. The Kier molecular flexibility index (Phi) is 5.09. The lowest BCUT2D eigenvalue weighted by Gasteiger charge is -2.10. The van der Waals surface area contributed by atoms with E-state index in [1.165, 1.54) is 33.8 Å². The third-order valence-electron chi connectivity index (χ3n) is 4.08. The molecule has 128 valence electrons. The molecule has 1 N–H and O–H groups in total. The number of thioether (sulfide) groups is 1. The first-order valence-electron chi connectivity index (χ1n) is 8.30. The van der Waals surface area contributed by atoms with E-state index in [1.54, 1.807) is 0 Å². The molecular weight excluding hydrogens is 328 g/mol. The van der Waals surface area contributed by atoms with Gasteiger partial charge in [-0.1, -0.05) is 35.5 Å². The molecule has 0 unspecified atom stereocenters. The van der Waals surface area contributed by atoms with Crippen LogP contribution in [0.5, 0.6) is 0 Å². The molecule has 0 saturated heterocycles. The van der Waals surface area contributed by atoms with Gasteiger partial charge in [0.1, 0.15) is 0 Å². The lowest BCUT2D eigenvalue weighted by Crippen LogP contribution is -2.14. The minimum Gasteiger partial charge on any atom is -0.325 e. The summed E-state index contributed by atoms with van der Waals surface area (Å²) in [7, 11) is 0. The second-order valence-corrected chi connectivity index (χ2v) is 7.46. The van der Waals surface area contributed by atoms with Crippen LogP contribution in [0, 0.1) is 27.7 Å². The summed E-state index contributed by atoms with van der Waals surface area (Å²) in [5, 5.41) is 5.01. The van der Waals surface area contributed by atoms with Crippen LogP contribution in [-0.2, 0) is 4.79 Å². The molecule has 0 fully saturated rings. The van der Waals surface area contributed by atoms with Crippen LogP contribution < -0.4 is 5.32 Å². The number of fused-ring (bicyclic) bond motifs is 1. The number of nitrogens with zero attached hydrogens (tertiary/aromatic N) is 1. The minimum atomic E-state index is -0.0178. The number of carbonyl (C=O) groups excluding carboxylic acids is 1. The van der Waals surface area contributed by atoms with Crippen molar-refractivity contribution in [2.45, 2.75) is 32.7 Å². The van der Waals surface area contributed by atoms with Crippen LogP contribution in [0.2, 0.25) is 0 Å². The number of amides is 1. The maximum atomic E-state index is 12.2. The summed E-state index contributed by atoms with van der Waals surface area (Å²) in [6.45, 7) is 8.29. The molecule has 3 aromatic rings. The van der Waals surface area contributed by atoms with E-state index >= 15 is 0 Å². The number of hydrogen-bond acceptors (Lipinski definition) is 3. The Balaban J connectivity index is 1.74. The van der Waals surface area contributed by atoms with Crippen molar-refractivity contribution in [3.8, 4) is 0 Å². The Morgan fingerprint density at radius 2 is 1.80 bits per heavy atom. The average molecular weight is 350 g/mol. The van der Waals surface area contributed by atoms with E-state index in [0.29, 0.717) is 5.75 Å². The van der Waals surface area contributed by atoms with Gasteiger partial charge in [0.15, 0.2) is 0 Å². The molecule has 4 heteroatoms. The van der Waals surface area contributed by atoms with Gasteiger partial charge in [-0.05, 0) is 68.7 Å². The first kappa shape index (κ1) is 17.5. The maximum absolute atomic E-state index is 12.2. The Morgan fingerprint density at radius 3 is 2.56 bits per heavy atom. The van der Waals surface area contributed by atoms with Crippen molar-refractivity contribution in [1.82, 2.24) is 4.98 Å². The van der Waals surface area contributed by atoms with Crippen molar-refractivity contribution in [3.05, 3.63) is 64.7 Å². The predicted octanol–water partition coefficient (Wildman–Crippen LogP) is 5.20. The molecule has 0 aliphatic heterocycles. The zero-order valence-corrected chi connectivity index (χ0v) is 15.8. The van der Waals surface area contributed by atoms with Gasteiger partial charge in [0.05, 0.1) is 16.3 Å². The summed E-state index contributed by atoms with van der Waals surface area (Å²) >= 11 is 1.47. The number of benzene rings is 2. The Bertz CT molecular complexity index is 950. The van der Waals surface area contributed by atoms with Gasteiger partial charge in [0.2, 0.25) is 5.91 Å². The highest BCUT2D eigenvalue weighted by Gasteiger charge is 2.09. The Morgan fingerprint density at radius 1 is 1.00 bits per heavy atom. The minimum absolute atomic E-state index is 0.0178. The number of aryl methyl sites for hydroxylation is 4. The van der Waals surface area contributed by atoms with Gasteiger partial charge < -0.3 is 5.32 Å². The first-order chi connectivity index (χ1) is 11.9. The highest BCUT2D eigenvalue weighted by molar-refractivity contribution is 7.99. The van der Waals surface area contributed by atoms with Gasteiger partial charge in [0.25, 0.3) is 0 Å². The number of hydrogen-bond donors (Lipinski definition) is 1.